The first kappa shape index (κ1) is 16.3. The van der Waals surface area contributed by atoms with Crippen LogP contribution in [0.4, 0.5) is 0 Å². The molecule has 1 aromatic heterocycles. The summed E-state index contributed by atoms with van der Waals surface area (Å²) in [5.74, 6) is 1.68. The second kappa shape index (κ2) is 7.82. The summed E-state index contributed by atoms with van der Waals surface area (Å²) in [5.41, 5.74) is 1.14. The van der Waals surface area contributed by atoms with Gasteiger partial charge in [0.05, 0.1) is 7.11 Å². The molecule has 0 atom stereocenters. The van der Waals surface area contributed by atoms with E-state index >= 15 is 0 Å². The first-order valence-corrected chi connectivity index (χ1v) is 8.51. The number of methoxy groups -OCH3 is 1. The SMILES string of the molecule is COc1ccc(CNC(C)C)c(OCc2cc(Br)cs2)c1. The highest BCUT2D eigenvalue weighted by atomic mass is 79.9. The number of benzene rings is 1. The molecule has 2 aromatic rings. The van der Waals surface area contributed by atoms with Gasteiger partial charge in [-0.3, -0.25) is 0 Å². The minimum Gasteiger partial charge on any atom is -0.497 e. The highest BCUT2D eigenvalue weighted by Gasteiger charge is 2.08. The van der Waals surface area contributed by atoms with Crippen molar-refractivity contribution in [2.45, 2.75) is 33.0 Å². The van der Waals surface area contributed by atoms with Crippen LogP contribution < -0.4 is 14.8 Å². The molecular formula is C16H20BrNO2S. The molecule has 0 saturated carbocycles. The minimum absolute atomic E-state index is 0.438. The molecule has 0 bridgehead atoms. The van der Waals surface area contributed by atoms with E-state index in [4.69, 9.17) is 9.47 Å². The Bertz CT molecular complexity index is 583. The van der Waals surface area contributed by atoms with Crippen LogP contribution in [0.5, 0.6) is 11.5 Å². The fourth-order valence-electron chi connectivity index (χ4n) is 1.83. The number of hydrogen-bond acceptors (Lipinski definition) is 4. The van der Waals surface area contributed by atoms with Crippen molar-refractivity contribution in [3.63, 3.8) is 0 Å². The fourth-order valence-corrected chi connectivity index (χ4v) is 3.20. The number of hydrogen-bond donors (Lipinski definition) is 1. The molecule has 0 spiro atoms. The summed E-state index contributed by atoms with van der Waals surface area (Å²) in [7, 11) is 1.67. The molecule has 0 fully saturated rings. The van der Waals surface area contributed by atoms with Crippen molar-refractivity contribution in [2.75, 3.05) is 7.11 Å². The summed E-state index contributed by atoms with van der Waals surface area (Å²) in [6.45, 7) is 5.61. The van der Waals surface area contributed by atoms with Crippen LogP contribution in [0.1, 0.15) is 24.3 Å². The molecule has 0 aliphatic rings. The molecule has 1 N–H and O–H groups in total. The molecule has 1 heterocycles. The van der Waals surface area contributed by atoms with E-state index < -0.39 is 0 Å². The van der Waals surface area contributed by atoms with Gasteiger partial charge in [-0.25, -0.2) is 0 Å². The molecule has 0 aliphatic heterocycles. The van der Waals surface area contributed by atoms with E-state index in [1.165, 1.54) is 4.88 Å². The van der Waals surface area contributed by atoms with Crippen molar-refractivity contribution in [3.05, 3.63) is 44.6 Å². The van der Waals surface area contributed by atoms with Gasteiger partial charge in [0.15, 0.2) is 0 Å². The average molecular weight is 370 g/mol. The molecule has 5 heteroatoms. The van der Waals surface area contributed by atoms with Gasteiger partial charge in [0.1, 0.15) is 18.1 Å². The van der Waals surface area contributed by atoms with Crippen molar-refractivity contribution < 1.29 is 9.47 Å². The predicted octanol–water partition coefficient (Wildman–Crippen LogP) is 4.60. The molecule has 114 valence electrons. The van der Waals surface area contributed by atoms with Gasteiger partial charge in [0.2, 0.25) is 0 Å². The lowest BCUT2D eigenvalue weighted by atomic mass is 10.2. The second-order valence-electron chi connectivity index (χ2n) is 5.03. The molecule has 2 rings (SSSR count). The van der Waals surface area contributed by atoms with Crippen molar-refractivity contribution >= 4 is 27.3 Å². The first-order valence-electron chi connectivity index (χ1n) is 6.84. The summed E-state index contributed by atoms with van der Waals surface area (Å²) < 4.78 is 12.4. The monoisotopic (exact) mass is 369 g/mol. The first-order chi connectivity index (χ1) is 10.1. The Morgan fingerprint density at radius 2 is 2.10 bits per heavy atom. The van der Waals surface area contributed by atoms with E-state index in [0.717, 1.165) is 28.1 Å². The number of nitrogens with one attached hydrogen (secondary N) is 1. The predicted molar refractivity (Wildman–Crippen MR) is 91.3 cm³/mol. The van der Waals surface area contributed by atoms with Crippen molar-refractivity contribution in [2.24, 2.45) is 0 Å². The van der Waals surface area contributed by atoms with Crippen LogP contribution in [-0.4, -0.2) is 13.2 Å². The zero-order valence-electron chi connectivity index (χ0n) is 12.5. The molecule has 0 saturated heterocycles. The van der Waals surface area contributed by atoms with E-state index in [9.17, 15) is 0 Å². The topological polar surface area (TPSA) is 30.5 Å². The number of rotatable bonds is 7. The summed E-state index contributed by atoms with van der Waals surface area (Å²) >= 11 is 5.15. The minimum atomic E-state index is 0.438. The Labute approximate surface area is 138 Å². The maximum absolute atomic E-state index is 5.98. The highest BCUT2D eigenvalue weighted by Crippen LogP contribution is 2.27. The smallest absolute Gasteiger partial charge is 0.128 e. The molecular weight excluding hydrogens is 350 g/mol. The molecule has 1 aromatic carbocycles. The van der Waals surface area contributed by atoms with E-state index in [1.807, 2.05) is 18.2 Å². The van der Waals surface area contributed by atoms with Gasteiger partial charge in [-0.2, -0.15) is 0 Å². The zero-order valence-corrected chi connectivity index (χ0v) is 14.9. The quantitative estimate of drug-likeness (QED) is 0.773. The Morgan fingerprint density at radius 3 is 2.71 bits per heavy atom. The van der Waals surface area contributed by atoms with Crippen LogP contribution in [0.25, 0.3) is 0 Å². The summed E-state index contributed by atoms with van der Waals surface area (Å²) in [5, 5.41) is 5.48. The summed E-state index contributed by atoms with van der Waals surface area (Å²) in [6, 6.07) is 8.48. The van der Waals surface area contributed by atoms with E-state index in [0.29, 0.717) is 12.6 Å². The lowest BCUT2D eigenvalue weighted by Gasteiger charge is -2.14. The number of halogens is 1. The molecule has 0 radical (unpaired) electrons. The van der Waals surface area contributed by atoms with Gasteiger partial charge in [0, 0.05) is 38.9 Å². The molecule has 21 heavy (non-hydrogen) atoms. The van der Waals surface area contributed by atoms with E-state index in [-0.39, 0.29) is 0 Å². The van der Waals surface area contributed by atoms with Gasteiger partial charge in [-0.1, -0.05) is 19.9 Å². The molecule has 0 aliphatic carbocycles. The van der Waals surface area contributed by atoms with Crippen LogP contribution in [0.15, 0.2) is 34.1 Å². The van der Waals surface area contributed by atoms with Crippen molar-refractivity contribution in [3.8, 4) is 11.5 Å². The van der Waals surface area contributed by atoms with E-state index in [2.05, 4.69) is 46.5 Å². The fraction of sp³-hybridized carbons (Fsp3) is 0.375. The van der Waals surface area contributed by atoms with Crippen molar-refractivity contribution in [1.82, 2.24) is 5.32 Å². The van der Waals surface area contributed by atoms with Crippen LogP contribution in [0, 0.1) is 0 Å². The van der Waals surface area contributed by atoms with Crippen LogP contribution in [0.2, 0.25) is 0 Å². The third kappa shape index (κ3) is 5.02. The van der Waals surface area contributed by atoms with E-state index in [1.54, 1.807) is 18.4 Å². The Balaban J connectivity index is 2.10. The zero-order chi connectivity index (χ0) is 15.2. The lowest BCUT2D eigenvalue weighted by Crippen LogP contribution is -2.22. The van der Waals surface area contributed by atoms with Crippen LogP contribution >= 0.6 is 27.3 Å². The molecule has 3 nitrogen and oxygen atoms in total. The van der Waals surface area contributed by atoms with Crippen molar-refractivity contribution in [1.29, 1.82) is 0 Å². The van der Waals surface area contributed by atoms with Crippen LogP contribution in [-0.2, 0) is 13.2 Å². The number of thiophene rings is 1. The Kier molecular flexibility index (Phi) is 6.08. The van der Waals surface area contributed by atoms with Gasteiger partial charge in [-0.15, -0.1) is 11.3 Å². The highest BCUT2D eigenvalue weighted by molar-refractivity contribution is 9.10. The Hall–Kier alpha value is -1.04. The summed E-state index contributed by atoms with van der Waals surface area (Å²) in [6.07, 6.45) is 0. The maximum Gasteiger partial charge on any atom is 0.128 e. The number of ether oxygens (including phenoxy) is 2. The van der Waals surface area contributed by atoms with Gasteiger partial charge in [-0.05, 0) is 28.1 Å². The largest absolute Gasteiger partial charge is 0.497 e. The van der Waals surface area contributed by atoms with Gasteiger partial charge >= 0.3 is 0 Å². The summed E-state index contributed by atoms with van der Waals surface area (Å²) in [4.78, 5) is 1.19. The normalized spacial score (nSPS) is 10.9. The maximum atomic E-state index is 5.98. The average Bonchev–Trinajstić information content (AvgIpc) is 2.88. The molecule has 0 unspecified atom stereocenters. The lowest BCUT2D eigenvalue weighted by molar-refractivity contribution is 0.302. The van der Waals surface area contributed by atoms with Gasteiger partial charge < -0.3 is 14.8 Å². The Morgan fingerprint density at radius 1 is 1.29 bits per heavy atom. The third-order valence-electron chi connectivity index (χ3n) is 2.97. The van der Waals surface area contributed by atoms with Gasteiger partial charge in [0.25, 0.3) is 0 Å². The van der Waals surface area contributed by atoms with Crippen LogP contribution in [0.3, 0.4) is 0 Å². The second-order valence-corrected chi connectivity index (χ2v) is 6.94. The third-order valence-corrected chi connectivity index (χ3v) is 4.64. The molecule has 0 amide bonds. The standard InChI is InChI=1S/C16H20BrNO2S/c1-11(2)18-8-12-4-5-14(19-3)7-16(12)20-9-15-6-13(17)10-21-15/h4-7,10-11,18H,8-9H2,1-3H3.